The number of nitrogens with one attached hydrogen (secondary N) is 1. The predicted octanol–water partition coefficient (Wildman–Crippen LogP) is 4.42. The van der Waals surface area contributed by atoms with E-state index in [0.29, 0.717) is 23.0 Å². The van der Waals surface area contributed by atoms with E-state index in [4.69, 9.17) is 15.9 Å². The van der Waals surface area contributed by atoms with Crippen molar-refractivity contribution in [1.29, 1.82) is 0 Å². The standard InChI is InChI=1S/C22H23BrN2O3/c1-5-10-27-20-9-7-18(23)12-17(20)13-24-25-22(26)14-28-21-11-16(4)6-8-19(21)15(2)3/h1,6-9,11-13,15H,10,14H2,2-4H3,(H,25,26)/b24-13-. The third-order valence-corrected chi connectivity index (χ3v) is 4.32. The molecule has 0 saturated heterocycles. The molecule has 0 saturated carbocycles. The number of amides is 1. The molecular formula is C22H23BrN2O3. The summed E-state index contributed by atoms with van der Waals surface area (Å²) >= 11 is 3.40. The second-order valence-electron chi connectivity index (χ2n) is 6.45. The molecule has 2 rings (SSSR count). The van der Waals surface area contributed by atoms with Gasteiger partial charge in [-0.2, -0.15) is 5.10 Å². The minimum atomic E-state index is -0.353. The minimum Gasteiger partial charge on any atom is -0.483 e. The monoisotopic (exact) mass is 442 g/mol. The van der Waals surface area contributed by atoms with Crippen LogP contribution in [-0.4, -0.2) is 25.3 Å². The minimum absolute atomic E-state index is 0.126. The summed E-state index contributed by atoms with van der Waals surface area (Å²) in [6, 6.07) is 11.4. The molecule has 0 heterocycles. The maximum absolute atomic E-state index is 12.1. The van der Waals surface area contributed by atoms with Gasteiger partial charge in [0, 0.05) is 10.0 Å². The topological polar surface area (TPSA) is 59.9 Å². The highest BCUT2D eigenvalue weighted by Gasteiger charge is 2.10. The molecule has 1 N–H and O–H groups in total. The molecule has 0 spiro atoms. The number of hydrazone groups is 1. The van der Waals surface area contributed by atoms with Crippen molar-refractivity contribution in [2.24, 2.45) is 5.10 Å². The summed E-state index contributed by atoms with van der Waals surface area (Å²) in [5, 5.41) is 3.98. The highest BCUT2D eigenvalue weighted by molar-refractivity contribution is 9.10. The summed E-state index contributed by atoms with van der Waals surface area (Å²) in [6.45, 7) is 6.18. The third kappa shape index (κ3) is 6.43. The van der Waals surface area contributed by atoms with Crippen molar-refractivity contribution in [3.8, 4) is 23.8 Å². The van der Waals surface area contributed by atoms with Gasteiger partial charge in [-0.05, 0) is 48.2 Å². The van der Waals surface area contributed by atoms with Crippen molar-refractivity contribution in [2.75, 3.05) is 13.2 Å². The van der Waals surface area contributed by atoms with Crippen LogP contribution in [0.15, 0.2) is 46.0 Å². The Labute approximate surface area is 174 Å². The van der Waals surface area contributed by atoms with Crippen LogP contribution in [0, 0.1) is 19.3 Å². The van der Waals surface area contributed by atoms with Gasteiger partial charge >= 0.3 is 0 Å². The van der Waals surface area contributed by atoms with Crippen molar-refractivity contribution < 1.29 is 14.3 Å². The van der Waals surface area contributed by atoms with E-state index in [0.717, 1.165) is 15.6 Å². The average Bonchev–Trinajstić information content (AvgIpc) is 2.65. The van der Waals surface area contributed by atoms with Gasteiger partial charge in [0.15, 0.2) is 6.61 Å². The van der Waals surface area contributed by atoms with Gasteiger partial charge in [0.2, 0.25) is 0 Å². The van der Waals surface area contributed by atoms with E-state index < -0.39 is 0 Å². The van der Waals surface area contributed by atoms with Crippen LogP contribution in [0.3, 0.4) is 0 Å². The van der Waals surface area contributed by atoms with Crippen LogP contribution in [0.5, 0.6) is 11.5 Å². The molecule has 2 aromatic rings. The molecule has 0 unspecified atom stereocenters. The van der Waals surface area contributed by atoms with E-state index in [1.54, 1.807) is 6.07 Å². The van der Waals surface area contributed by atoms with Gasteiger partial charge < -0.3 is 9.47 Å². The average molecular weight is 443 g/mol. The van der Waals surface area contributed by atoms with Crippen molar-refractivity contribution in [3.63, 3.8) is 0 Å². The zero-order valence-corrected chi connectivity index (χ0v) is 17.7. The first-order valence-corrected chi connectivity index (χ1v) is 9.61. The van der Waals surface area contributed by atoms with Crippen LogP contribution in [0.25, 0.3) is 0 Å². The Hall–Kier alpha value is -2.78. The summed E-state index contributed by atoms with van der Waals surface area (Å²) in [7, 11) is 0. The molecule has 0 aliphatic carbocycles. The number of hydrogen-bond acceptors (Lipinski definition) is 4. The Kier molecular flexibility index (Phi) is 8.09. The molecule has 0 aromatic heterocycles. The van der Waals surface area contributed by atoms with E-state index in [2.05, 4.69) is 46.2 Å². The third-order valence-electron chi connectivity index (χ3n) is 3.83. The number of nitrogens with zero attached hydrogens (tertiary/aromatic N) is 1. The highest BCUT2D eigenvalue weighted by atomic mass is 79.9. The van der Waals surface area contributed by atoms with Crippen molar-refractivity contribution in [1.82, 2.24) is 5.43 Å². The Morgan fingerprint density at radius 2 is 2.04 bits per heavy atom. The molecule has 28 heavy (non-hydrogen) atoms. The highest BCUT2D eigenvalue weighted by Crippen LogP contribution is 2.27. The Balaban J connectivity index is 1.97. The lowest BCUT2D eigenvalue weighted by molar-refractivity contribution is -0.123. The van der Waals surface area contributed by atoms with Gasteiger partial charge in [-0.1, -0.05) is 47.8 Å². The first-order chi connectivity index (χ1) is 13.4. The molecule has 6 heteroatoms. The fraction of sp³-hybridized carbons (Fsp3) is 0.273. The van der Waals surface area contributed by atoms with Gasteiger partial charge in [0.05, 0.1) is 6.21 Å². The van der Waals surface area contributed by atoms with Crippen molar-refractivity contribution in [3.05, 3.63) is 57.6 Å². The first kappa shape index (κ1) is 21.5. The lowest BCUT2D eigenvalue weighted by atomic mass is 10.0. The zero-order valence-electron chi connectivity index (χ0n) is 16.2. The summed E-state index contributed by atoms with van der Waals surface area (Å²) in [5.74, 6) is 3.66. The molecule has 0 aliphatic rings. The van der Waals surface area contributed by atoms with E-state index in [1.165, 1.54) is 6.21 Å². The Morgan fingerprint density at radius 1 is 1.25 bits per heavy atom. The van der Waals surface area contributed by atoms with Gasteiger partial charge in [0.25, 0.3) is 5.91 Å². The van der Waals surface area contributed by atoms with E-state index >= 15 is 0 Å². The molecule has 0 radical (unpaired) electrons. The molecular weight excluding hydrogens is 420 g/mol. The van der Waals surface area contributed by atoms with Crippen LogP contribution in [-0.2, 0) is 4.79 Å². The Morgan fingerprint density at radius 3 is 2.75 bits per heavy atom. The zero-order chi connectivity index (χ0) is 20.5. The van der Waals surface area contributed by atoms with Crippen LogP contribution < -0.4 is 14.9 Å². The largest absolute Gasteiger partial charge is 0.483 e. The number of carbonyl (C=O) groups is 1. The van der Waals surface area contributed by atoms with E-state index in [1.807, 2.05) is 37.3 Å². The number of rotatable bonds is 8. The molecule has 0 atom stereocenters. The second-order valence-corrected chi connectivity index (χ2v) is 7.37. The summed E-state index contributed by atoms with van der Waals surface area (Å²) in [6.07, 6.45) is 6.73. The van der Waals surface area contributed by atoms with Crippen LogP contribution in [0.2, 0.25) is 0 Å². The second kappa shape index (κ2) is 10.5. The van der Waals surface area contributed by atoms with Crippen molar-refractivity contribution >= 4 is 28.1 Å². The number of carbonyl (C=O) groups excluding carboxylic acids is 1. The fourth-order valence-corrected chi connectivity index (χ4v) is 2.84. The van der Waals surface area contributed by atoms with Crippen LogP contribution >= 0.6 is 15.9 Å². The molecule has 1 amide bonds. The predicted molar refractivity (Wildman–Crippen MR) is 115 cm³/mol. The summed E-state index contributed by atoms with van der Waals surface area (Å²) < 4.78 is 12.0. The van der Waals surface area contributed by atoms with E-state index in [-0.39, 0.29) is 19.1 Å². The van der Waals surface area contributed by atoms with Gasteiger partial charge in [0.1, 0.15) is 18.1 Å². The lowest BCUT2D eigenvalue weighted by Gasteiger charge is -2.14. The molecule has 5 nitrogen and oxygen atoms in total. The first-order valence-electron chi connectivity index (χ1n) is 8.81. The summed E-state index contributed by atoms with van der Waals surface area (Å²) in [4.78, 5) is 12.1. The maximum Gasteiger partial charge on any atom is 0.277 e. The maximum atomic E-state index is 12.1. The molecule has 146 valence electrons. The van der Waals surface area contributed by atoms with Gasteiger partial charge in [-0.25, -0.2) is 5.43 Å². The summed E-state index contributed by atoms with van der Waals surface area (Å²) in [5.41, 5.74) is 5.29. The van der Waals surface area contributed by atoms with Crippen LogP contribution in [0.4, 0.5) is 0 Å². The SMILES string of the molecule is C#CCOc1ccc(Br)cc1/C=N\NC(=O)COc1cc(C)ccc1C(C)C. The van der Waals surface area contributed by atoms with Gasteiger partial charge in [-0.3, -0.25) is 4.79 Å². The van der Waals surface area contributed by atoms with Crippen LogP contribution in [0.1, 0.15) is 36.5 Å². The number of hydrogen-bond donors (Lipinski definition) is 1. The molecule has 0 bridgehead atoms. The van der Waals surface area contributed by atoms with Crippen molar-refractivity contribution in [2.45, 2.75) is 26.7 Å². The molecule has 2 aromatic carbocycles. The normalized spacial score (nSPS) is 10.7. The molecule has 0 fully saturated rings. The molecule has 0 aliphatic heterocycles. The number of ether oxygens (including phenoxy) is 2. The smallest absolute Gasteiger partial charge is 0.277 e. The lowest BCUT2D eigenvalue weighted by Crippen LogP contribution is -2.25. The quantitative estimate of drug-likeness (QED) is 0.373. The fourth-order valence-electron chi connectivity index (χ4n) is 2.46. The Bertz CT molecular complexity index is 901. The number of terminal acetylenes is 1. The van der Waals surface area contributed by atoms with E-state index in [9.17, 15) is 4.79 Å². The number of halogens is 1. The number of aryl methyl sites for hydroxylation is 1. The number of benzene rings is 2. The van der Waals surface area contributed by atoms with Gasteiger partial charge in [-0.15, -0.1) is 6.42 Å².